The maximum Gasteiger partial charge on any atom is 0.328 e. The molecule has 7 nitrogen and oxygen atoms in total. The molecule has 0 radical (unpaired) electrons. The molecular weight excluding hydrogens is 332 g/mol. The zero-order chi connectivity index (χ0) is 18.5. The van der Waals surface area contributed by atoms with Crippen molar-refractivity contribution in [3.05, 3.63) is 69.0 Å². The minimum absolute atomic E-state index is 0.0682. The largest absolute Gasteiger partial charge is 0.340 e. The van der Waals surface area contributed by atoms with Crippen molar-refractivity contribution in [3.8, 4) is 0 Å². The van der Waals surface area contributed by atoms with E-state index in [1.54, 1.807) is 11.9 Å². The number of likely N-dealkylation sites (N-methyl/N-ethyl adjacent to an activating group) is 1. The second-order valence-electron chi connectivity index (χ2n) is 6.76. The molecular formula is C19H24N4O3. The normalized spacial score (nSPS) is 17.8. The van der Waals surface area contributed by atoms with Crippen LogP contribution in [0, 0.1) is 0 Å². The van der Waals surface area contributed by atoms with Crippen LogP contribution in [0.15, 0.2) is 52.2 Å². The molecule has 1 saturated heterocycles. The summed E-state index contributed by atoms with van der Waals surface area (Å²) in [6, 6.07) is 11.7. The van der Waals surface area contributed by atoms with E-state index in [0.29, 0.717) is 0 Å². The lowest BCUT2D eigenvalue weighted by atomic mass is 10.0. The average Bonchev–Trinajstić information content (AvgIpc) is 2.64. The molecule has 2 aromatic rings. The van der Waals surface area contributed by atoms with Crippen LogP contribution in [0.2, 0.25) is 0 Å². The molecule has 0 saturated carbocycles. The van der Waals surface area contributed by atoms with Gasteiger partial charge in [0, 0.05) is 38.4 Å². The van der Waals surface area contributed by atoms with Crippen LogP contribution >= 0.6 is 0 Å². The van der Waals surface area contributed by atoms with Gasteiger partial charge >= 0.3 is 5.69 Å². The van der Waals surface area contributed by atoms with Crippen LogP contribution in [0.1, 0.15) is 18.4 Å². The van der Waals surface area contributed by atoms with Crippen LogP contribution in [0.25, 0.3) is 0 Å². The maximum atomic E-state index is 12.6. The van der Waals surface area contributed by atoms with Gasteiger partial charge in [-0.25, -0.2) is 4.79 Å². The summed E-state index contributed by atoms with van der Waals surface area (Å²) >= 11 is 0. The molecule has 7 heteroatoms. The van der Waals surface area contributed by atoms with Crippen LogP contribution < -0.4 is 11.2 Å². The molecule has 2 heterocycles. The van der Waals surface area contributed by atoms with Crippen molar-refractivity contribution in [2.24, 2.45) is 0 Å². The molecule has 1 atom stereocenters. The number of carbonyl (C=O) groups is 1. The predicted molar refractivity (Wildman–Crippen MR) is 98.8 cm³/mol. The minimum Gasteiger partial charge on any atom is -0.340 e. The second-order valence-corrected chi connectivity index (χ2v) is 6.76. The van der Waals surface area contributed by atoms with Gasteiger partial charge in [0.25, 0.3) is 5.56 Å². The van der Waals surface area contributed by atoms with Crippen molar-refractivity contribution >= 4 is 5.91 Å². The number of aromatic amines is 1. The third kappa shape index (κ3) is 4.49. The van der Waals surface area contributed by atoms with Gasteiger partial charge in [0.2, 0.25) is 5.91 Å². The van der Waals surface area contributed by atoms with Gasteiger partial charge in [0.05, 0.1) is 0 Å². The number of benzene rings is 1. The van der Waals surface area contributed by atoms with Crippen molar-refractivity contribution in [1.82, 2.24) is 19.4 Å². The van der Waals surface area contributed by atoms with E-state index >= 15 is 0 Å². The molecule has 1 unspecified atom stereocenters. The molecule has 3 rings (SSSR count). The van der Waals surface area contributed by atoms with Gasteiger partial charge in [-0.2, -0.15) is 0 Å². The van der Waals surface area contributed by atoms with E-state index < -0.39 is 11.2 Å². The van der Waals surface area contributed by atoms with Crippen LogP contribution in [-0.2, 0) is 17.9 Å². The van der Waals surface area contributed by atoms with E-state index in [0.717, 1.165) is 32.5 Å². The first-order valence-electron chi connectivity index (χ1n) is 8.84. The first-order chi connectivity index (χ1) is 12.5. The van der Waals surface area contributed by atoms with Gasteiger partial charge in [-0.1, -0.05) is 30.3 Å². The Balaban J connectivity index is 1.61. The van der Waals surface area contributed by atoms with Gasteiger partial charge in [-0.05, 0) is 24.9 Å². The van der Waals surface area contributed by atoms with Gasteiger partial charge in [-0.3, -0.25) is 24.0 Å². The van der Waals surface area contributed by atoms with E-state index in [1.165, 1.54) is 22.4 Å². The summed E-state index contributed by atoms with van der Waals surface area (Å²) in [5.74, 6) is -0.134. The lowest BCUT2D eigenvalue weighted by molar-refractivity contribution is -0.133. The molecule has 26 heavy (non-hydrogen) atoms. The Labute approximate surface area is 151 Å². The van der Waals surface area contributed by atoms with E-state index in [4.69, 9.17) is 0 Å². The lowest BCUT2D eigenvalue weighted by Crippen LogP contribution is -2.49. The van der Waals surface area contributed by atoms with E-state index in [9.17, 15) is 14.4 Å². The number of aromatic nitrogens is 2. The smallest absolute Gasteiger partial charge is 0.328 e. The quantitative estimate of drug-likeness (QED) is 0.854. The number of likely N-dealkylation sites (tertiary alicyclic amines) is 1. The predicted octanol–water partition coefficient (Wildman–Crippen LogP) is 0.660. The summed E-state index contributed by atoms with van der Waals surface area (Å²) in [5.41, 5.74) is 0.242. The second kappa shape index (κ2) is 8.14. The first-order valence-corrected chi connectivity index (χ1v) is 8.84. The van der Waals surface area contributed by atoms with E-state index in [1.807, 2.05) is 18.2 Å². The SMILES string of the molecule is CN(C(=O)Cn1ccc(=O)[nH]c1=O)C1CCCN(Cc2ccccc2)C1. The van der Waals surface area contributed by atoms with Crippen molar-refractivity contribution < 1.29 is 4.79 Å². The van der Waals surface area contributed by atoms with Crippen molar-refractivity contribution in [1.29, 1.82) is 0 Å². The summed E-state index contributed by atoms with van der Waals surface area (Å²) in [6.45, 7) is 2.64. The fourth-order valence-corrected chi connectivity index (χ4v) is 3.36. The Bertz CT molecular complexity index is 859. The number of nitrogens with one attached hydrogen (secondary N) is 1. The zero-order valence-electron chi connectivity index (χ0n) is 14.9. The van der Waals surface area contributed by atoms with Gasteiger partial charge in [0.15, 0.2) is 0 Å². The number of H-pyrrole nitrogens is 1. The summed E-state index contributed by atoms with van der Waals surface area (Å²) in [6.07, 6.45) is 3.34. The zero-order valence-corrected chi connectivity index (χ0v) is 14.9. The summed E-state index contributed by atoms with van der Waals surface area (Å²) in [5, 5.41) is 0. The monoisotopic (exact) mass is 356 g/mol. The molecule has 0 bridgehead atoms. The molecule has 138 valence electrons. The number of nitrogens with zero attached hydrogens (tertiary/aromatic N) is 3. The van der Waals surface area contributed by atoms with Gasteiger partial charge in [0.1, 0.15) is 6.54 Å². The summed E-state index contributed by atoms with van der Waals surface area (Å²) in [4.78, 5) is 41.7. The molecule has 0 spiro atoms. The Morgan fingerprint density at radius 2 is 2.00 bits per heavy atom. The Morgan fingerprint density at radius 3 is 2.73 bits per heavy atom. The van der Waals surface area contributed by atoms with Crippen LogP contribution in [-0.4, -0.2) is 51.4 Å². The Morgan fingerprint density at radius 1 is 1.23 bits per heavy atom. The standard InChI is InChI=1S/C19H24N4O3/c1-21(18(25)14-23-11-9-17(24)20-19(23)26)16-8-5-10-22(13-16)12-15-6-3-2-4-7-15/h2-4,6-7,9,11,16H,5,8,10,12-14H2,1H3,(H,20,24,26). The molecule has 1 N–H and O–H groups in total. The molecule has 1 aromatic carbocycles. The molecule has 1 aromatic heterocycles. The highest BCUT2D eigenvalue weighted by atomic mass is 16.2. The topological polar surface area (TPSA) is 78.4 Å². The Hall–Kier alpha value is -2.67. The number of rotatable bonds is 5. The van der Waals surface area contributed by atoms with Crippen LogP contribution in [0.3, 0.4) is 0 Å². The van der Waals surface area contributed by atoms with Crippen LogP contribution in [0.5, 0.6) is 0 Å². The average molecular weight is 356 g/mol. The van der Waals surface area contributed by atoms with Crippen molar-refractivity contribution in [3.63, 3.8) is 0 Å². The molecule has 1 aliphatic heterocycles. The van der Waals surface area contributed by atoms with Crippen molar-refractivity contribution in [2.75, 3.05) is 20.1 Å². The number of hydrogen-bond acceptors (Lipinski definition) is 4. The molecule has 0 aliphatic carbocycles. The summed E-state index contributed by atoms with van der Waals surface area (Å²) < 4.78 is 1.23. The highest BCUT2D eigenvalue weighted by Gasteiger charge is 2.26. The number of hydrogen-bond donors (Lipinski definition) is 1. The van der Waals surface area contributed by atoms with Crippen molar-refractivity contribution in [2.45, 2.75) is 32.0 Å². The van der Waals surface area contributed by atoms with Gasteiger partial charge < -0.3 is 4.90 Å². The van der Waals surface area contributed by atoms with Crippen LogP contribution in [0.4, 0.5) is 0 Å². The number of piperidine rings is 1. The lowest BCUT2D eigenvalue weighted by Gasteiger charge is -2.37. The molecule has 1 fully saturated rings. The van der Waals surface area contributed by atoms with E-state index in [2.05, 4.69) is 22.0 Å². The third-order valence-electron chi connectivity index (χ3n) is 4.87. The maximum absolute atomic E-state index is 12.6. The highest BCUT2D eigenvalue weighted by Crippen LogP contribution is 2.17. The number of carbonyl (C=O) groups excluding carboxylic acids is 1. The minimum atomic E-state index is -0.561. The Kier molecular flexibility index (Phi) is 5.68. The molecule has 1 amide bonds. The number of amides is 1. The third-order valence-corrected chi connectivity index (χ3v) is 4.87. The first kappa shape index (κ1) is 18.1. The molecule has 1 aliphatic rings. The fraction of sp³-hybridized carbons (Fsp3) is 0.421. The summed E-state index contributed by atoms with van der Waals surface area (Å²) in [7, 11) is 1.79. The highest BCUT2D eigenvalue weighted by molar-refractivity contribution is 5.76. The van der Waals surface area contributed by atoms with E-state index in [-0.39, 0.29) is 18.5 Å². The van der Waals surface area contributed by atoms with Gasteiger partial charge in [-0.15, -0.1) is 0 Å². The fourth-order valence-electron chi connectivity index (χ4n) is 3.36.